The highest BCUT2D eigenvalue weighted by atomic mass is 32.2. The van der Waals surface area contributed by atoms with Crippen molar-refractivity contribution in [2.75, 3.05) is 37.7 Å². The molecule has 0 saturated carbocycles. The van der Waals surface area contributed by atoms with Crippen LogP contribution >= 0.6 is 0 Å². The number of aromatic hydroxyl groups is 1. The second kappa shape index (κ2) is 9.49. The van der Waals surface area contributed by atoms with Gasteiger partial charge in [0.2, 0.25) is 15.9 Å². The Morgan fingerprint density at radius 3 is 2.53 bits per heavy atom. The summed E-state index contributed by atoms with van der Waals surface area (Å²) in [5.41, 5.74) is 1.91. The first-order valence-electron chi connectivity index (χ1n) is 10.1. The lowest BCUT2D eigenvalue weighted by atomic mass is 10.0. The zero-order valence-corrected chi connectivity index (χ0v) is 18.2. The summed E-state index contributed by atoms with van der Waals surface area (Å²) in [6, 6.07) is 13.7. The second-order valence-electron chi connectivity index (χ2n) is 7.83. The summed E-state index contributed by atoms with van der Waals surface area (Å²) in [5.74, 6) is 0.0489. The van der Waals surface area contributed by atoms with E-state index in [-0.39, 0.29) is 24.1 Å². The molecule has 1 fully saturated rings. The minimum Gasteiger partial charge on any atom is -0.508 e. The van der Waals surface area contributed by atoms with Gasteiger partial charge in [-0.25, -0.2) is 8.42 Å². The summed E-state index contributed by atoms with van der Waals surface area (Å²) < 4.78 is 25.8. The zero-order valence-electron chi connectivity index (χ0n) is 17.4. The van der Waals surface area contributed by atoms with Crippen molar-refractivity contribution >= 4 is 21.6 Å². The molecule has 1 aliphatic heterocycles. The van der Waals surface area contributed by atoms with Crippen LogP contribution in [0.5, 0.6) is 5.75 Å². The van der Waals surface area contributed by atoms with Gasteiger partial charge in [-0.15, -0.1) is 0 Å². The van der Waals surface area contributed by atoms with E-state index in [9.17, 15) is 18.3 Å². The summed E-state index contributed by atoms with van der Waals surface area (Å²) in [5, 5.41) is 9.94. The van der Waals surface area contributed by atoms with Crippen LogP contribution in [0.4, 0.5) is 5.69 Å². The molecule has 2 aromatic rings. The molecule has 2 aromatic carbocycles. The standard InChI is InChI=1S/C22H29N3O4S/c1-24(22(27)15-17-8-3-4-11-20(17)23-30(2,28)29)21(16-25-12-5-6-13-25)18-9-7-10-19(26)14-18/h3-4,7-11,14,21,23,26H,5-6,12-13,15-16H2,1-2H3/t21-/m0/s1. The van der Waals surface area contributed by atoms with Crippen molar-refractivity contribution in [3.05, 3.63) is 59.7 Å². The molecule has 30 heavy (non-hydrogen) atoms. The third kappa shape index (κ3) is 5.96. The quantitative estimate of drug-likeness (QED) is 0.671. The van der Waals surface area contributed by atoms with Gasteiger partial charge in [0, 0.05) is 13.6 Å². The number of nitrogens with one attached hydrogen (secondary N) is 1. The highest BCUT2D eigenvalue weighted by Gasteiger charge is 2.26. The number of carbonyl (C=O) groups is 1. The number of phenols is 1. The lowest BCUT2D eigenvalue weighted by Crippen LogP contribution is -2.39. The van der Waals surface area contributed by atoms with E-state index in [2.05, 4.69) is 9.62 Å². The van der Waals surface area contributed by atoms with Crippen LogP contribution in [0.15, 0.2) is 48.5 Å². The maximum atomic E-state index is 13.2. The molecular weight excluding hydrogens is 402 g/mol. The lowest BCUT2D eigenvalue weighted by molar-refractivity contribution is -0.131. The van der Waals surface area contributed by atoms with Crippen LogP contribution in [-0.2, 0) is 21.2 Å². The van der Waals surface area contributed by atoms with Gasteiger partial charge in [0.15, 0.2) is 0 Å². The molecule has 3 rings (SSSR count). The van der Waals surface area contributed by atoms with Crippen molar-refractivity contribution in [1.29, 1.82) is 0 Å². The number of carbonyl (C=O) groups excluding carboxylic acids is 1. The van der Waals surface area contributed by atoms with E-state index in [4.69, 9.17) is 0 Å². The smallest absolute Gasteiger partial charge is 0.229 e. The predicted molar refractivity (Wildman–Crippen MR) is 118 cm³/mol. The number of likely N-dealkylation sites (tertiary alicyclic amines) is 1. The molecule has 1 saturated heterocycles. The highest BCUT2D eigenvalue weighted by Crippen LogP contribution is 2.27. The Morgan fingerprint density at radius 1 is 1.17 bits per heavy atom. The number of hydrogen-bond donors (Lipinski definition) is 2. The van der Waals surface area contributed by atoms with Crippen LogP contribution in [0.25, 0.3) is 0 Å². The summed E-state index contributed by atoms with van der Waals surface area (Å²) in [6.45, 7) is 2.69. The first-order chi connectivity index (χ1) is 14.2. The average molecular weight is 432 g/mol. The second-order valence-corrected chi connectivity index (χ2v) is 9.58. The number of benzene rings is 2. The predicted octanol–water partition coefficient (Wildman–Crippen LogP) is 2.60. The molecule has 2 N–H and O–H groups in total. The van der Waals surface area contributed by atoms with Crippen molar-refractivity contribution < 1.29 is 18.3 Å². The molecule has 1 heterocycles. The van der Waals surface area contributed by atoms with E-state index in [1.807, 2.05) is 6.07 Å². The first-order valence-corrected chi connectivity index (χ1v) is 11.9. The molecule has 0 unspecified atom stereocenters. The number of hydrogen-bond acceptors (Lipinski definition) is 5. The number of phenolic OH excluding ortho intramolecular Hbond substituents is 1. The molecule has 0 aromatic heterocycles. The monoisotopic (exact) mass is 431 g/mol. The minimum absolute atomic E-state index is 0.0739. The molecule has 0 aliphatic carbocycles. The summed E-state index contributed by atoms with van der Waals surface area (Å²) in [6.07, 6.45) is 3.46. The number of para-hydroxylation sites is 1. The molecular formula is C22H29N3O4S. The molecule has 1 aliphatic rings. The fraction of sp³-hybridized carbons (Fsp3) is 0.409. The van der Waals surface area contributed by atoms with Crippen molar-refractivity contribution in [3.63, 3.8) is 0 Å². The van der Waals surface area contributed by atoms with Crippen LogP contribution < -0.4 is 4.72 Å². The van der Waals surface area contributed by atoms with E-state index >= 15 is 0 Å². The molecule has 0 bridgehead atoms. The van der Waals surface area contributed by atoms with Gasteiger partial charge in [0.05, 0.1) is 24.4 Å². The van der Waals surface area contributed by atoms with Gasteiger partial charge in [0.1, 0.15) is 5.75 Å². The Labute approximate surface area is 178 Å². The molecule has 162 valence electrons. The fourth-order valence-corrected chi connectivity index (χ4v) is 4.43. The van der Waals surface area contributed by atoms with E-state index in [0.29, 0.717) is 17.8 Å². The Balaban J connectivity index is 1.82. The number of anilines is 1. The summed E-state index contributed by atoms with van der Waals surface area (Å²) in [4.78, 5) is 17.2. The normalized spacial score (nSPS) is 15.7. The van der Waals surface area contributed by atoms with Gasteiger partial charge >= 0.3 is 0 Å². The van der Waals surface area contributed by atoms with Crippen LogP contribution in [0.3, 0.4) is 0 Å². The van der Waals surface area contributed by atoms with Crippen molar-refractivity contribution in [3.8, 4) is 5.75 Å². The number of rotatable bonds is 8. The molecule has 1 amide bonds. The minimum atomic E-state index is -3.44. The third-order valence-corrected chi connectivity index (χ3v) is 5.99. The van der Waals surface area contributed by atoms with Crippen molar-refractivity contribution in [1.82, 2.24) is 9.80 Å². The maximum Gasteiger partial charge on any atom is 0.229 e. The van der Waals surface area contributed by atoms with Gasteiger partial charge in [0.25, 0.3) is 0 Å². The van der Waals surface area contributed by atoms with Crippen LogP contribution in [0.1, 0.15) is 30.0 Å². The lowest BCUT2D eigenvalue weighted by Gasteiger charge is -2.32. The number of amides is 1. The topological polar surface area (TPSA) is 90.0 Å². The van der Waals surface area contributed by atoms with E-state index in [1.165, 1.54) is 0 Å². The Bertz CT molecular complexity index is 987. The molecule has 1 atom stereocenters. The average Bonchev–Trinajstić information content (AvgIpc) is 3.19. The largest absolute Gasteiger partial charge is 0.508 e. The number of likely N-dealkylation sites (N-methyl/N-ethyl adjacent to an activating group) is 1. The van der Waals surface area contributed by atoms with Gasteiger partial charge in [-0.3, -0.25) is 9.52 Å². The summed E-state index contributed by atoms with van der Waals surface area (Å²) in [7, 11) is -1.68. The zero-order chi connectivity index (χ0) is 21.7. The van der Waals surface area contributed by atoms with Crippen LogP contribution in [0, 0.1) is 0 Å². The Hall–Kier alpha value is -2.58. The van der Waals surface area contributed by atoms with E-state index in [0.717, 1.165) is 37.8 Å². The van der Waals surface area contributed by atoms with E-state index < -0.39 is 10.0 Å². The molecule has 0 radical (unpaired) electrons. The molecule has 8 heteroatoms. The molecule has 0 spiro atoms. The van der Waals surface area contributed by atoms with Crippen molar-refractivity contribution in [2.24, 2.45) is 0 Å². The Morgan fingerprint density at radius 2 is 1.87 bits per heavy atom. The first kappa shape index (κ1) is 22.1. The number of sulfonamides is 1. The maximum absolute atomic E-state index is 13.2. The van der Waals surface area contributed by atoms with Crippen molar-refractivity contribution in [2.45, 2.75) is 25.3 Å². The van der Waals surface area contributed by atoms with Gasteiger partial charge in [-0.2, -0.15) is 0 Å². The van der Waals surface area contributed by atoms with Crippen LogP contribution in [-0.4, -0.2) is 62.2 Å². The summed E-state index contributed by atoms with van der Waals surface area (Å²) >= 11 is 0. The number of nitrogens with zero attached hydrogens (tertiary/aromatic N) is 2. The molecule has 7 nitrogen and oxygen atoms in total. The van der Waals surface area contributed by atoms with Gasteiger partial charge in [-0.1, -0.05) is 30.3 Å². The van der Waals surface area contributed by atoms with Crippen LogP contribution in [0.2, 0.25) is 0 Å². The third-order valence-electron chi connectivity index (χ3n) is 5.40. The van der Waals surface area contributed by atoms with Gasteiger partial charge in [-0.05, 0) is 55.3 Å². The van der Waals surface area contributed by atoms with E-state index in [1.54, 1.807) is 54.4 Å². The van der Waals surface area contributed by atoms with Gasteiger partial charge < -0.3 is 14.9 Å². The highest BCUT2D eigenvalue weighted by molar-refractivity contribution is 7.92. The fourth-order valence-electron chi connectivity index (χ4n) is 3.83. The Kier molecular flexibility index (Phi) is 6.99. The SMILES string of the molecule is CN(C(=O)Cc1ccccc1NS(C)(=O)=O)[C@@H](CN1CCCC1)c1cccc(O)c1.